The molecular weight excluding hydrogens is 354 g/mol. The fourth-order valence-electron chi connectivity index (χ4n) is 1.95. The number of nitrogen functional groups attached to an aromatic ring is 1. The molecule has 112 valence electrons. The summed E-state index contributed by atoms with van der Waals surface area (Å²) >= 11 is 3.38. The van der Waals surface area contributed by atoms with Crippen molar-refractivity contribution in [3.63, 3.8) is 0 Å². The highest BCUT2D eigenvalue weighted by Gasteiger charge is 2.12. The monoisotopic (exact) mass is 369 g/mol. The van der Waals surface area contributed by atoms with Gasteiger partial charge in [0.15, 0.2) is 0 Å². The predicted molar refractivity (Wildman–Crippen MR) is 88.4 cm³/mol. The smallest absolute Gasteiger partial charge is 0.238 e. The highest BCUT2D eigenvalue weighted by atomic mass is 79.9. The minimum absolute atomic E-state index is 0.00627. The van der Waals surface area contributed by atoms with Gasteiger partial charge in [-0.15, -0.1) is 0 Å². The molecule has 0 aliphatic rings. The van der Waals surface area contributed by atoms with Crippen LogP contribution in [0.25, 0.3) is 0 Å². The zero-order valence-corrected chi connectivity index (χ0v) is 13.8. The third-order valence-electron chi connectivity index (χ3n) is 3.01. The van der Waals surface area contributed by atoms with Crippen LogP contribution in [0.3, 0.4) is 0 Å². The molecule has 0 fully saturated rings. The van der Waals surface area contributed by atoms with Gasteiger partial charge in [-0.3, -0.25) is 0 Å². The van der Waals surface area contributed by atoms with Crippen LogP contribution in [-0.2, 0) is 10.0 Å². The minimum atomic E-state index is -3.78. The molecule has 2 aromatic rings. The minimum Gasteiger partial charge on any atom is -0.399 e. The average Bonchev–Trinajstić information content (AvgIpc) is 2.37. The van der Waals surface area contributed by atoms with E-state index in [-0.39, 0.29) is 10.9 Å². The maximum atomic E-state index is 11.4. The molecule has 0 aliphatic heterocycles. The number of halogens is 1. The summed E-state index contributed by atoms with van der Waals surface area (Å²) in [6.45, 7) is 1.98. The molecule has 0 radical (unpaired) electrons. The molecule has 7 heteroatoms. The Labute approximate surface area is 132 Å². The largest absolute Gasteiger partial charge is 0.399 e. The van der Waals surface area contributed by atoms with Crippen molar-refractivity contribution in [1.82, 2.24) is 0 Å². The van der Waals surface area contributed by atoms with E-state index in [2.05, 4.69) is 21.2 Å². The SMILES string of the molecule is CC(Nc1cc(N)cc(S(N)(=O)=O)c1)c1ccc(Br)cc1. The van der Waals surface area contributed by atoms with Crippen molar-refractivity contribution in [3.05, 3.63) is 52.5 Å². The van der Waals surface area contributed by atoms with Gasteiger partial charge in [0.25, 0.3) is 0 Å². The van der Waals surface area contributed by atoms with Crippen molar-refractivity contribution in [3.8, 4) is 0 Å². The number of rotatable bonds is 4. The summed E-state index contributed by atoms with van der Waals surface area (Å²) in [7, 11) is -3.78. The van der Waals surface area contributed by atoms with Crippen molar-refractivity contribution in [1.29, 1.82) is 0 Å². The van der Waals surface area contributed by atoms with Gasteiger partial charge >= 0.3 is 0 Å². The van der Waals surface area contributed by atoms with Crippen LogP contribution in [0, 0.1) is 0 Å². The Morgan fingerprint density at radius 1 is 1.14 bits per heavy atom. The van der Waals surface area contributed by atoms with E-state index in [1.165, 1.54) is 12.1 Å². The molecule has 5 N–H and O–H groups in total. The first-order valence-electron chi connectivity index (χ1n) is 6.21. The third kappa shape index (κ3) is 4.20. The van der Waals surface area contributed by atoms with Gasteiger partial charge in [-0.2, -0.15) is 0 Å². The van der Waals surface area contributed by atoms with Crippen LogP contribution < -0.4 is 16.2 Å². The molecular formula is C14H16BrN3O2S. The molecule has 1 unspecified atom stereocenters. The maximum absolute atomic E-state index is 11.4. The second kappa shape index (κ2) is 6.05. The number of sulfonamides is 1. The van der Waals surface area contributed by atoms with E-state index in [9.17, 15) is 8.42 Å². The fraction of sp³-hybridized carbons (Fsp3) is 0.143. The van der Waals surface area contributed by atoms with E-state index in [0.29, 0.717) is 11.4 Å². The summed E-state index contributed by atoms with van der Waals surface area (Å²) in [5, 5.41) is 8.35. The van der Waals surface area contributed by atoms with E-state index >= 15 is 0 Å². The topological polar surface area (TPSA) is 98.2 Å². The lowest BCUT2D eigenvalue weighted by Gasteiger charge is -2.17. The maximum Gasteiger partial charge on any atom is 0.238 e. The Balaban J connectivity index is 2.27. The van der Waals surface area contributed by atoms with E-state index in [1.807, 2.05) is 31.2 Å². The highest BCUT2D eigenvalue weighted by Crippen LogP contribution is 2.25. The molecule has 0 heterocycles. The van der Waals surface area contributed by atoms with Gasteiger partial charge in [-0.05, 0) is 42.8 Å². The standard InChI is InChI=1S/C14H16BrN3O2S/c1-9(10-2-4-11(15)5-3-10)18-13-6-12(16)7-14(8-13)21(17,19)20/h2-9,18H,16H2,1H3,(H2,17,19,20). The molecule has 0 saturated heterocycles. The van der Waals surface area contributed by atoms with Crippen LogP contribution in [0.4, 0.5) is 11.4 Å². The second-order valence-corrected chi connectivity index (χ2v) is 7.23. The Morgan fingerprint density at radius 2 is 1.76 bits per heavy atom. The summed E-state index contributed by atoms with van der Waals surface area (Å²) in [5.41, 5.74) is 7.74. The van der Waals surface area contributed by atoms with Crippen LogP contribution in [-0.4, -0.2) is 8.42 Å². The number of primary sulfonamides is 1. The van der Waals surface area contributed by atoms with Crippen molar-refractivity contribution in [2.75, 3.05) is 11.1 Å². The summed E-state index contributed by atoms with van der Waals surface area (Å²) < 4.78 is 23.8. The van der Waals surface area contributed by atoms with Gasteiger partial charge in [-0.1, -0.05) is 28.1 Å². The molecule has 0 bridgehead atoms. The van der Waals surface area contributed by atoms with E-state index in [0.717, 1.165) is 10.0 Å². The van der Waals surface area contributed by atoms with E-state index in [1.54, 1.807) is 6.07 Å². The van der Waals surface area contributed by atoms with Crippen molar-refractivity contribution in [2.24, 2.45) is 5.14 Å². The number of nitrogens with two attached hydrogens (primary N) is 2. The number of nitrogens with one attached hydrogen (secondary N) is 1. The summed E-state index contributed by atoms with van der Waals surface area (Å²) in [6.07, 6.45) is 0. The molecule has 0 aromatic heterocycles. The second-order valence-electron chi connectivity index (χ2n) is 4.75. The fourth-order valence-corrected chi connectivity index (χ4v) is 2.81. The molecule has 1 atom stereocenters. The van der Waals surface area contributed by atoms with Crippen molar-refractivity contribution >= 4 is 37.3 Å². The van der Waals surface area contributed by atoms with Crippen LogP contribution in [0.15, 0.2) is 51.8 Å². The van der Waals surface area contributed by atoms with E-state index < -0.39 is 10.0 Å². The van der Waals surface area contributed by atoms with Gasteiger partial charge in [0.05, 0.1) is 4.90 Å². The van der Waals surface area contributed by atoms with Gasteiger partial charge in [0.1, 0.15) is 0 Å². The number of benzene rings is 2. The Bertz CT molecular complexity index is 745. The molecule has 2 aromatic carbocycles. The zero-order valence-electron chi connectivity index (χ0n) is 11.4. The molecule has 2 rings (SSSR count). The first-order valence-corrected chi connectivity index (χ1v) is 8.55. The van der Waals surface area contributed by atoms with Crippen molar-refractivity contribution < 1.29 is 8.42 Å². The van der Waals surface area contributed by atoms with Gasteiger partial charge in [0.2, 0.25) is 10.0 Å². The normalized spacial score (nSPS) is 12.9. The van der Waals surface area contributed by atoms with E-state index in [4.69, 9.17) is 10.9 Å². The highest BCUT2D eigenvalue weighted by molar-refractivity contribution is 9.10. The molecule has 21 heavy (non-hydrogen) atoms. The average molecular weight is 370 g/mol. The first kappa shape index (κ1) is 15.8. The van der Waals surface area contributed by atoms with Gasteiger partial charge in [-0.25, -0.2) is 13.6 Å². The number of anilines is 2. The zero-order chi connectivity index (χ0) is 15.6. The first-order chi connectivity index (χ1) is 9.75. The quantitative estimate of drug-likeness (QED) is 0.721. The Hall–Kier alpha value is -1.57. The number of hydrogen-bond donors (Lipinski definition) is 3. The van der Waals surface area contributed by atoms with Crippen LogP contribution >= 0.6 is 15.9 Å². The van der Waals surface area contributed by atoms with Crippen LogP contribution in [0.1, 0.15) is 18.5 Å². The third-order valence-corrected chi connectivity index (χ3v) is 4.43. The molecule has 0 amide bonds. The molecule has 0 aliphatic carbocycles. The summed E-state index contributed by atoms with van der Waals surface area (Å²) in [5.74, 6) is 0. The van der Waals surface area contributed by atoms with Crippen LogP contribution in [0.2, 0.25) is 0 Å². The lowest BCUT2D eigenvalue weighted by Crippen LogP contribution is -2.14. The van der Waals surface area contributed by atoms with Crippen molar-refractivity contribution in [2.45, 2.75) is 17.9 Å². The summed E-state index contributed by atoms with van der Waals surface area (Å²) in [4.78, 5) is -0.00648. The molecule has 5 nitrogen and oxygen atoms in total. The number of hydrogen-bond acceptors (Lipinski definition) is 4. The van der Waals surface area contributed by atoms with Gasteiger partial charge in [0, 0.05) is 21.9 Å². The predicted octanol–water partition coefficient (Wildman–Crippen LogP) is 2.85. The lowest BCUT2D eigenvalue weighted by molar-refractivity contribution is 0.598. The lowest BCUT2D eigenvalue weighted by atomic mass is 10.1. The molecule has 0 spiro atoms. The Morgan fingerprint density at radius 3 is 2.33 bits per heavy atom. The van der Waals surface area contributed by atoms with Gasteiger partial charge < -0.3 is 11.1 Å². The molecule has 0 saturated carbocycles. The van der Waals surface area contributed by atoms with Crippen LogP contribution in [0.5, 0.6) is 0 Å². The Kier molecular flexibility index (Phi) is 4.55. The summed E-state index contributed by atoms with van der Waals surface area (Å²) in [6, 6.07) is 12.3.